The fourth-order valence-corrected chi connectivity index (χ4v) is 3.46. The maximum atomic E-state index is 10.4. The summed E-state index contributed by atoms with van der Waals surface area (Å²) in [5.41, 5.74) is 5.08. The molecule has 0 saturated heterocycles. The van der Waals surface area contributed by atoms with Crippen molar-refractivity contribution in [3.05, 3.63) is 94.5 Å². The van der Waals surface area contributed by atoms with Crippen molar-refractivity contribution in [2.75, 3.05) is 5.01 Å². The number of para-hydroxylation sites is 1. The summed E-state index contributed by atoms with van der Waals surface area (Å²) >= 11 is 6.19. The summed E-state index contributed by atoms with van der Waals surface area (Å²) in [6.07, 6.45) is 0.700. The molecule has 0 spiro atoms. The summed E-state index contributed by atoms with van der Waals surface area (Å²) in [5.74, 6) is 0.237. The van der Waals surface area contributed by atoms with E-state index in [0.29, 0.717) is 11.4 Å². The zero-order chi connectivity index (χ0) is 18.1. The lowest BCUT2D eigenvalue weighted by atomic mass is 9.97. The third-order valence-corrected chi connectivity index (χ3v) is 4.90. The molecule has 0 saturated carbocycles. The molecular weight excluding hydrogens is 344 g/mol. The van der Waals surface area contributed by atoms with Gasteiger partial charge in [-0.15, -0.1) is 0 Å². The van der Waals surface area contributed by atoms with Crippen LogP contribution in [0.15, 0.2) is 77.9 Å². The van der Waals surface area contributed by atoms with E-state index >= 15 is 0 Å². The molecule has 4 heteroatoms. The van der Waals surface area contributed by atoms with Crippen molar-refractivity contribution in [3.8, 4) is 5.75 Å². The fraction of sp³-hybridized carbons (Fsp3) is 0.136. The molecule has 0 bridgehead atoms. The lowest BCUT2D eigenvalue weighted by molar-refractivity contribution is 0.461. The summed E-state index contributed by atoms with van der Waals surface area (Å²) in [5, 5.41) is 17.9. The van der Waals surface area contributed by atoms with Crippen LogP contribution < -0.4 is 5.01 Å². The van der Waals surface area contributed by atoms with Crippen LogP contribution in [0.5, 0.6) is 5.75 Å². The molecule has 0 amide bonds. The van der Waals surface area contributed by atoms with Crippen molar-refractivity contribution < 1.29 is 5.11 Å². The monoisotopic (exact) mass is 362 g/mol. The Hall–Kier alpha value is -2.78. The molecule has 0 aliphatic carbocycles. The van der Waals surface area contributed by atoms with Crippen molar-refractivity contribution in [2.24, 2.45) is 5.10 Å². The van der Waals surface area contributed by atoms with Gasteiger partial charge in [0.15, 0.2) is 0 Å². The summed E-state index contributed by atoms with van der Waals surface area (Å²) < 4.78 is 0. The third kappa shape index (κ3) is 3.18. The van der Waals surface area contributed by atoms with Gasteiger partial charge in [-0.1, -0.05) is 59.6 Å². The number of aromatic hydroxyl groups is 1. The molecule has 0 radical (unpaired) electrons. The molecule has 1 atom stereocenters. The van der Waals surface area contributed by atoms with Gasteiger partial charge in [0, 0.05) is 17.0 Å². The molecule has 4 rings (SSSR count). The van der Waals surface area contributed by atoms with E-state index in [1.54, 1.807) is 12.1 Å². The van der Waals surface area contributed by atoms with Gasteiger partial charge in [0.05, 0.1) is 17.4 Å². The topological polar surface area (TPSA) is 35.8 Å². The van der Waals surface area contributed by atoms with Crippen LogP contribution in [0.25, 0.3) is 0 Å². The molecule has 1 aliphatic rings. The predicted molar refractivity (Wildman–Crippen MR) is 107 cm³/mol. The van der Waals surface area contributed by atoms with E-state index in [0.717, 1.165) is 22.5 Å². The first-order chi connectivity index (χ1) is 12.6. The van der Waals surface area contributed by atoms with E-state index in [1.807, 2.05) is 41.4 Å². The normalized spacial score (nSPS) is 16.6. The molecule has 1 N–H and O–H groups in total. The molecule has 3 nitrogen and oxygen atoms in total. The second-order valence-electron chi connectivity index (χ2n) is 6.52. The Labute approximate surface area is 158 Å². The Balaban J connectivity index is 1.78. The molecule has 1 aliphatic heterocycles. The van der Waals surface area contributed by atoms with Gasteiger partial charge in [0.25, 0.3) is 0 Å². The smallest absolute Gasteiger partial charge is 0.121 e. The van der Waals surface area contributed by atoms with Crippen molar-refractivity contribution in [2.45, 2.75) is 19.4 Å². The lowest BCUT2D eigenvalue weighted by Crippen LogP contribution is -2.18. The predicted octanol–water partition coefficient (Wildman–Crippen LogP) is 5.71. The Morgan fingerprint density at radius 3 is 2.46 bits per heavy atom. The van der Waals surface area contributed by atoms with Gasteiger partial charge in [0.1, 0.15) is 5.75 Å². The molecule has 0 fully saturated rings. The number of phenols is 1. The molecule has 1 heterocycles. The van der Waals surface area contributed by atoms with Crippen molar-refractivity contribution in [1.29, 1.82) is 0 Å². The minimum Gasteiger partial charge on any atom is -0.508 e. The number of halogens is 1. The molecule has 26 heavy (non-hydrogen) atoms. The van der Waals surface area contributed by atoms with Crippen LogP contribution in [0, 0.1) is 6.92 Å². The van der Waals surface area contributed by atoms with E-state index in [-0.39, 0.29) is 11.8 Å². The fourth-order valence-electron chi connectivity index (χ4n) is 3.28. The summed E-state index contributed by atoms with van der Waals surface area (Å²) in [6, 6.07) is 23.4. The number of nitrogens with zero attached hydrogens (tertiary/aromatic N) is 2. The van der Waals surface area contributed by atoms with Crippen LogP contribution in [0.4, 0.5) is 5.69 Å². The van der Waals surface area contributed by atoms with E-state index in [1.165, 1.54) is 5.56 Å². The third-order valence-electron chi connectivity index (χ3n) is 4.66. The van der Waals surface area contributed by atoms with Crippen LogP contribution in [-0.4, -0.2) is 10.8 Å². The average molecular weight is 363 g/mol. The summed E-state index contributed by atoms with van der Waals surface area (Å²) in [6.45, 7) is 2.07. The molecule has 130 valence electrons. The maximum absolute atomic E-state index is 10.4. The van der Waals surface area contributed by atoms with Gasteiger partial charge >= 0.3 is 0 Å². The highest BCUT2D eigenvalue weighted by molar-refractivity contribution is 6.30. The number of hydrogen-bond acceptors (Lipinski definition) is 3. The van der Waals surface area contributed by atoms with Gasteiger partial charge in [-0.25, -0.2) is 0 Å². The Morgan fingerprint density at radius 1 is 1.00 bits per heavy atom. The average Bonchev–Trinajstić information content (AvgIpc) is 3.10. The number of rotatable bonds is 3. The molecule has 1 unspecified atom stereocenters. The second kappa shape index (κ2) is 6.85. The number of hydrazone groups is 1. The van der Waals surface area contributed by atoms with Gasteiger partial charge in [-0.3, -0.25) is 5.01 Å². The largest absolute Gasteiger partial charge is 0.508 e. The number of benzene rings is 3. The first kappa shape index (κ1) is 16.7. The van der Waals surface area contributed by atoms with Gasteiger partial charge in [0.2, 0.25) is 0 Å². The highest BCUT2D eigenvalue weighted by Gasteiger charge is 2.31. The van der Waals surface area contributed by atoms with Gasteiger partial charge in [-0.05, 0) is 42.8 Å². The summed E-state index contributed by atoms with van der Waals surface area (Å²) in [7, 11) is 0. The van der Waals surface area contributed by atoms with E-state index < -0.39 is 0 Å². The lowest BCUT2D eigenvalue weighted by Gasteiger charge is -2.24. The van der Waals surface area contributed by atoms with Crippen LogP contribution >= 0.6 is 11.6 Å². The maximum Gasteiger partial charge on any atom is 0.121 e. The number of hydrogen-bond donors (Lipinski definition) is 1. The Morgan fingerprint density at radius 2 is 1.73 bits per heavy atom. The Kier molecular flexibility index (Phi) is 4.39. The van der Waals surface area contributed by atoms with Crippen molar-refractivity contribution >= 4 is 23.0 Å². The van der Waals surface area contributed by atoms with Crippen LogP contribution in [0.1, 0.15) is 29.2 Å². The highest BCUT2D eigenvalue weighted by Crippen LogP contribution is 2.40. The minimum absolute atomic E-state index is 0.104. The second-order valence-corrected chi connectivity index (χ2v) is 6.95. The van der Waals surface area contributed by atoms with E-state index in [2.05, 4.69) is 31.2 Å². The van der Waals surface area contributed by atoms with Gasteiger partial charge in [-0.2, -0.15) is 5.10 Å². The highest BCUT2D eigenvalue weighted by atomic mass is 35.5. The van der Waals surface area contributed by atoms with Crippen molar-refractivity contribution in [3.63, 3.8) is 0 Å². The molecule has 0 aromatic heterocycles. The number of aryl methyl sites for hydroxylation is 1. The molecule has 3 aromatic rings. The van der Waals surface area contributed by atoms with Crippen LogP contribution in [-0.2, 0) is 0 Å². The van der Waals surface area contributed by atoms with Crippen LogP contribution in [0.2, 0.25) is 5.02 Å². The first-order valence-electron chi connectivity index (χ1n) is 8.59. The van der Waals surface area contributed by atoms with Crippen LogP contribution in [0.3, 0.4) is 0 Å². The standard InChI is InChI=1S/C22H19ClN2O/c1-15-7-9-16(10-8-15)20-14-21(19-13-17(23)11-12-22(19)26)25(24-20)18-5-3-2-4-6-18/h2-13,21,26H,14H2,1H3. The van der Waals surface area contributed by atoms with Crippen molar-refractivity contribution in [1.82, 2.24) is 0 Å². The summed E-state index contributed by atoms with van der Waals surface area (Å²) in [4.78, 5) is 0. The van der Waals surface area contributed by atoms with E-state index in [4.69, 9.17) is 16.7 Å². The first-order valence-corrected chi connectivity index (χ1v) is 8.97. The number of anilines is 1. The minimum atomic E-state index is -0.104. The zero-order valence-electron chi connectivity index (χ0n) is 14.4. The Bertz CT molecular complexity index is 952. The SMILES string of the molecule is Cc1ccc(C2=NN(c3ccccc3)C(c3cc(Cl)ccc3O)C2)cc1. The number of phenolic OH excluding ortho intramolecular Hbond substituents is 1. The van der Waals surface area contributed by atoms with Gasteiger partial charge < -0.3 is 5.11 Å². The van der Waals surface area contributed by atoms with E-state index in [9.17, 15) is 5.11 Å². The molecule has 3 aromatic carbocycles. The molecular formula is C22H19ClN2O. The quantitative estimate of drug-likeness (QED) is 0.647. The zero-order valence-corrected chi connectivity index (χ0v) is 15.2.